The average Bonchev–Trinajstić information content (AvgIpc) is 2.26. The van der Waals surface area contributed by atoms with Crippen molar-refractivity contribution in [1.82, 2.24) is 15.8 Å². The molecule has 0 saturated carbocycles. The molecule has 92 valence electrons. The fourth-order valence-corrected chi connectivity index (χ4v) is 1.39. The fraction of sp³-hybridized carbons (Fsp3) is 0.273. The summed E-state index contributed by atoms with van der Waals surface area (Å²) in [6.45, 7) is 0.223. The van der Waals surface area contributed by atoms with E-state index in [2.05, 4.69) is 26.8 Å². The van der Waals surface area contributed by atoms with Gasteiger partial charge in [0.15, 0.2) is 0 Å². The summed E-state index contributed by atoms with van der Waals surface area (Å²) in [5, 5.41) is 0. The summed E-state index contributed by atoms with van der Waals surface area (Å²) in [6.07, 6.45) is 0. The minimum Gasteiger partial charge on any atom is -0.301 e. The molecule has 1 aromatic rings. The first-order chi connectivity index (χ1) is 7.99. The quantitative estimate of drug-likeness (QED) is 0.811. The molecule has 2 N–H and O–H groups in total. The molecular weight excluding hydrogens is 286 g/mol. The maximum Gasteiger partial charge on any atom is 0.269 e. The van der Waals surface area contributed by atoms with Crippen LogP contribution in [0, 0.1) is 0 Å². The maximum absolute atomic E-state index is 11.6. The molecule has 0 radical (unpaired) electrons. The highest BCUT2D eigenvalue weighted by Crippen LogP contribution is 2.09. The number of carbonyl (C=O) groups is 2. The van der Waals surface area contributed by atoms with Crippen LogP contribution in [0.2, 0.25) is 0 Å². The normalized spacial score (nSPS) is 10.1. The standard InChI is InChI=1S/C11H14BrN3O2/c1-15(2)7-10(16)13-14-11(17)8-3-5-9(12)6-4-8/h3-6H,7H2,1-2H3,(H,13,16)(H,14,17). The zero-order chi connectivity index (χ0) is 12.8. The van der Waals surface area contributed by atoms with Gasteiger partial charge in [-0.3, -0.25) is 20.4 Å². The van der Waals surface area contributed by atoms with Gasteiger partial charge < -0.3 is 4.90 Å². The molecule has 0 aliphatic heterocycles. The number of nitrogens with one attached hydrogen (secondary N) is 2. The topological polar surface area (TPSA) is 61.4 Å². The van der Waals surface area contributed by atoms with Crippen molar-refractivity contribution >= 4 is 27.7 Å². The van der Waals surface area contributed by atoms with Crippen LogP contribution in [0.25, 0.3) is 0 Å². The van der Waals surface area contributed by atoms with E-state index in [9.17, 15) is 9.59 Å². The van der Waals surface area contributed by atoms with E-state index in [-0.39, 0.29) is 18.4 Å². The second-order valence-corrected chi connectivity index (χ2v) is 4.66. The molecule has 0 atom stereocenters. The first kappa shape index (κ1) is 13.7. The lowest BCUT2D eigenvalue weighted by molar-refractivity contribution is -0.122. The van der Waals surface area contributed by atoms with Crippen molar-refractivity contribution in [2.24, 2.45) is 0 Å². The van der Waals surface area contributed by atoms with E-state index in [0.717, 1.165) is 4.47 Å². The highest BCUT2D eigenvalue weighted by atomic mass is 79.9. The first-order valence-electron chi connectivity index (χ1n) is 4.98. The number of amides is 2. The molecule has 5 nitrogen and oxygen atoms in total. The number of likely N-dealkylation sites (N-methyl/N-ethyl adjacent to an activating group) is 1. The van der Waals surface area contributed by atoms with Crippen LogP contribution >= 0.6 is 15.9 Å². The zero-order valence-corrected chi connectivity index (χ0v) is 11.2. The second kappa shape index (κ2) is 6.36. The molecule has 6 heteroatoms. The van der Waals surface area contributed by atoms with Crippen LogP contribution in [-0.2, 0) is 4.79 Å². The lowest BCUT2D eigenvalue weighted by Crippen LogP contribution is -2.45. The molecule has 0 aliphatic carbocycles. The van der Waals surface area contributed by atoms with E-state index in [4.69, 9.17) is 0 Å². The van der Waals surface area contributed by atoms with Gasteiger partial charge in [-0.15, -0.1) is 0 Å². The fourth-order valence-electron chi connectivity index (χ4n) is 1.13. The van der Waals surface area contributed by atoms with Gasteiger partial charge in [-0.1, -0.05) is 15.9 Å². The Balaban J connectivity index is 2.45. The van der Waals surface area contributed by atoms with Crippen molar-refractivity contribution in [3.63, 3.8) is 0 Å². The van der Waals surface area contributed by atoms with Gasteiger partial charge in [0.05, 0.1) is 6.54 Å². The first-order valence-corrected chi connectivity index (χ1v) is 5.78. The Morgan fingerprint density at radius 1 is 1.18 bits per heavy atom. The van der Waals surface area contributed by atoms with Crippen LogP contribution in [0.1, 0.15) is 10.4 Å². The summed E-state index contributed by atoms with van der Waals surface area (Å²) in [5.41, 5.74) is 5.16. The zero-order valence-electron chi connectivity index (χ0n) is 9.66. The molecule has 1 rings (SSSR count). The highest BCUT2D eigenvalue weighted by molar-refractivity contribution is 9.10. The maximum atomic E-state index is 11.6. The predicted molar refractivity (Wildman–Crippen MR) is 68.3 cm³/mol. The van der Waals surface area contributed by atoms with E-state index >= 15 is 0 Å². The van der Waals surface area contributed by atoms with Gasteiger partial charge in [0.25, 0.3) is 11.8 Å². The van der Waals surface area contributed by atoms with Gasteiger partial charge in [0.1, 0.15) is 0 Å². The second-order valence-electron chi connectivity index (χ2n) is 3.75. The van der Waals surface area contributed by atoms with E-state index < -0.39 is 0 Å². The third kappa shape index (κ3) is 4.97. The lowest BCUT2D eigenvalue weighted by atomic mass is 10.2. The number of benzene rings is 1. The molecule has 0 fully saturated rings. The molecule has 0 aliphatic rings. The predicted octanol–water partition coefficient (Wildman–Crippen LogP) is 0.772. The molecule has 17 heavy (non-hydrogen) atoms. The largest absolute Gasteiger partial charge is 0.301 e. The summed E-state index contributed by atoms with van der Waals surface area (Å²) in [6, 6.07) is 6.85. The summed E-state index contributed by atoms with van der Waals surface area (Å²) >= 11 is 3.28. The van der Waals surface area contributed by atoms with Gasteiger partial charge in [-0.2, -0.15) is 0 Å². The molecule has 1 aromatic carbocycles. The number of hydrazine groups is 1. The Labute approximate surface area is 108 Å². The Kier molecular flexibility index (Phi) is 5.11. The number of hydrogen-bond donors (Lipinski definition) is 2. The molecule has 0 bridgehead atoms. The monoisotopic (exact) mass is 299 g/mol. The lowest BCUT2D eigenvalue weighted by Gasteiger charge is -2.10. The van der Waals surface area contributed by atoms with Gasteiger partial charge >= 0.3 is 0 Å². The summed E-state index contributed by atoms with van der Waals surface area (Å²) in [5.74, 6) is -0.606. The summed E-state index contributed by atoms with van der Waals surface area (Å²) in [4.78, 5) is 24.6. The van der Waals surface area contributed by atoms with Crippen molar-refractivity contribution in [2.45, 2.75) is 0 Å². The van der Waals surface area contributed by atoms with E-state index in [1.54, 1.807) is 43.3 Å². The van der Waals surface area contributed by atoms with Crippen LogP contribution in [0.3, 0.4) is 0 Å². The van der Waals surface area contributed by atoms with Crippen molar-refractivity contribution in [1.29, 1.82) is 0 Å². The van der Waals surface area contributed by atoms with E-state index in [0.29, 0.717) is 5.56 Å². The number of halogens is 1. The van der Waals surface area contributed by atoms with Crippen molar-refractivity contribution in [3.8, 4) is 0 Å². The summed E-state index contributed by atoms with van der Waals surface area (Å²) < 4.78 is 0.894. The molecule has 2 amide bonds. The van der Waals surface area contributed by atoms with Gasteiger partial charge in [-0.25, -0.2) is 0 Å². The number of rotatable bonds is 3. The molecular formula is C11H14BrN3O2. The number of nitrogens with zero attached hydrogens (tertiary/aromatic N) is 1. The molecule has 0 saturated heterocycles. The van der Waals surface area contributed by atoms with E-state index in [1.165, 1.54) is 0 Å². The van der Waals surface area contributed by atoms with Gasteiger partial charge in [0, 0.05) is 10.0 Å². The van der Waals surface area contributed by atoms with Crippen LogP contribution in [-0.4, -0.2) is 37.4 Å². The van der Waals surface area contributed by atoms with Crippen LogP contribution in [0.4, 0.5) is 0 Å². The number of hydrogen-bond acceptors (Lipinski definition) is 3. The average molecular weight is 300 g/mol. The minimum atomic E-state index is -0.343. The minimum absolute atomic E-state index is 0.223. The Morgan fingerprint density at radius 2 is 1.76 bits per heavy atom. The highest BCUT2D eigenvalue weighted by Gasteiger charge is 2.07. The van der Waals surface area contributed by atoms with Crippen molar-refractivity contribution < 1.29 is 9.59 Å². The number of carbonyl (C=O) groups excluding carboxylic acids is 2. The Bertz CT molecular complexity index is 404. The third-order valence-corrected chi connectivity index (χ3v) is 2.41. The smallest absolute Gasteiger partial charge is 0.269 e. The van der Waals surface area contributed by atoms with Gasteiger partial charge in [-0.05, 0) is 38.4 Å². The van der Waals surface area contributed by atoms with Crippen LogP contribution in [0.15, 0.2) is 28.7 Å². The van der Waals surface area contributed by atoms with Crippen LogP contribution < -0.4 is 10.9 Å². The molecule has 0 spiro atoms. The Hall–Kier alpha value is -1.40. The van der Waals surface area contributed by atoms with Crippen LogP contribution in [0.5, 0.6) is 0 Å². The van der Waals surface area contributed by atoms with Gasteiger partial charge in [0.2, 0.25) is 0 Å². The Morgan fingerprint density at radius 3 is 2.29 bits per heavy atom. The molecule has 0 unspecified atom stereocenters. The summed E-state index contributed by atoms with van der Waals surface area (Å²) in [7, 11) is 3.55. The SMILES string of the molecule is CN(C)CC(=O)NNC(=O)c1ccc(Br)cc1. The van der Waals surface area contributed by atoms with Crippen molar-refractivity contribution in [3.05, 3.63) is 34.3 Å². The van der Waals surface area contributed by atoms with E-state index in [1.807, 2.05) is 0 Å². The molecule has 0 heterocycles. The molecule has 0 aromatic heterocycles. The third-order valence-electron chi connectivity index (χ3n) is 1.88. The van der Waals surface area contributed by atoms with Crippen molar-refractivity contribution in [2.75, 3.05) is 20.6 Å².